The molecule has 7 heteroatoms. The minimum absolute atomic E-state index is 0.175. The van der Waals surface area contributed by atoms with Crippen LogP contribution in [0.1, 0.15) is 18.1 Å². The number of nitrogens with zero attached hydrogens (tertiary/aromatic N) is 1. The van der Waals surface area contributed by atoms with Crippen molar-refractivity contribution in [1.29, 1.82) is 0 Å². The number of fused-ring (bicyclic) bond motifs is 1. The van der Waals surface area contributed by atoms with Crippen molar-refractivity contribution in [2.75, 3.05) is 20.0 Å². The van der Waals surface area contributed by atoms with Gasteiger partial charge >= 0.3 is 0 Å². The lowest BCUT2D eigenvalue weighted by Gasteiger charge is -2.27. The third-order valence-electron chi connectivity index (χ3n) is 4.39. The molecule has 0 N–H and O–H groups in total. The normalized spacial score (nSPS) is 14.6. The van der Waals surface area contributed by atoms with Crippen molar-refractivity contribution in [2.24, 2.45) is 0 Å². The molecule has 5 nitrogen and oxygen atoms in total. The summed E-state index contributed by atoms with van der Waals surface area (Å²) in [7, 11) is -3.77. The number of aryl methyl sites for hydroxylation is 1. The first-order valence-electron chi connectivity index (χ1n) is 8.45. The lowest BCUT2D eigenvalue weighted by atomic mass is 10.1. The summed E-state index contributed by atoms with van der Waals surface area (Å²) in [6, 6.07) is 11.7. The van der Waals surface area contributed by atoms with Gasteiger partial charge in [0.05, 0.1) is 4.90 Å². The molecule has 0 aliphatic carbocycles. The maximum Gasteiger partial charge on any atom is 0.243 e. The zero-order valence-electron chi connectivity index (χ0n) is 14.8. The van der Waals surface area contributed by atoms with Gasteiger partial charge in [-0.05, 0) is 50.1 Å². The summed E-state index contributed by atoms with van der Waals surface area (Å²) >= 11 is 0. The van der Waals surface area contributed by atoms with Crippen molar-refractivity contribution >= 4 is 10.0 Å². The number of hydrogen-bond donors (Lipinski definition) is 0. The van der Waals surface area contributed by atoms with Gasteiger partial charge in [-0.1, -0.05) is 23.8 Å². The Hall–Kier alpha value is -2.12. The molecule has 26 heavy (non-hydrogen) atoms. The second-order valence-corrected chi connectivity index (χ2v) is 8.25. The lowest BCUT2D eigenvalue weighted by Crippen LogP contribution is -2.41. The number of halogens is 1. The number of hydrogen-bond acceptors (Lipinski definition) is 4. The second-order valence-electron chi connectivity index (χ2n) is 6.36. The molecule has 0 bridgehead atoms. The van der Waals surface area contributed by atoms with Gasteiger partial charge in [0.15, 0.2) is 11.5 Å². The number of rotatable bonds is 7. The Morgan fingerprint density at radius 2 is 1.81 bits per heavy atom. The van der Waals surface area contributed by atoms with Crippen LogP contribution >= 0.6 is 0 Å². The summed E-state index contributed by atoms with van der Waals surface area (Å²) in [5.74, 6) is 1.32. The first-order chi connectivity index (χ1) is 12.4. The van der Waals surface area contributed by atoms with Gasteiger partial charge in [0, 0.05) is 12.6 Å². The van der Waals surface area contributed by atoms with Gasteiger partial charge in [0.2, 0.25) is 16.8 Å². The summed E-state index contributed by atoms with van der Waals surface area (Å²) in [5.41, 5.74) is 1.87. The summed E-state index contributed by atoms with van der Waals surface area (Å²) in [6.07, 6.45) is 0.446. The monoisotopic (exact) mass is 379 g/mol. The van der Waals surface area contributed by atoms with E-state index in [1.54, 1.807) is 37.3 Å². The van der Waals surface area contributed by atoms with Gasteiger partial charge in [-0.2, -0.15) is 4.31 Å². The Kier molecular flexibility index (Phi) is 5.48. The van der Waals surface area contributed by atoms with Gasteiger partial charge in [0.25, 0.3) is 0 Å². The molecule has 2 aromatic rings. The van der Waals surface area contributed by atoms with E-state index in [-0.39, 0.29) is 18.2 Å². The predicted molar refractivity (Wildman–Crippen MR) is 96.8 cm³/mol. The van der Waals surface area contributed by atoms with Crippen LogP contribution in [-0.2, 0) is 16.4 Å². The average molecular weight is 379 g/mol. The van der Waals surface area contributed by atoms with E-state index in [4.69, 9.17) is 9.47 Å². The topological polar surface area (TPSA) is 55.8 Å². The average Bonchev–Trinajstić information content (AvgIpc) is 3.07. The minimum atomic E-state index is -3.77. The fraction of sp³-hybridized carbons (Fsp3) is 0.368. The maximum absolute atomic E-state index is 13.1. The molecule has 0 aromatic heterocycles. The SMILES string of the molecule is Cc1ccc(S(=O)(=O)N(CCF)C(C)Cc2ccc3c(c2)OCO3)cc1. The van der Waals surface area contributed by atoms with Crippen LogP contribution in [0, 0.1) is 6.92 Å². The first-order valence-corrected chi connectivity index (χ1v) is 9.89. The summed E-state index contributed by atoms with van der Waals surface area (Å²) in [4.78, 5) is 0.175. The molecule has 1 aliphatic heterocycles. The van der Waals surface area contributed by atoms with Crippen LogP contribution in [0.4, 0.5) is 4.39 Å². The Morgan fingerprint density at radius 3 is 2.50 bits per heavy atom. The van der Waals surface area contributed by atoms with Gasteiger partial charge in [-0.15, -0.1) is 0 Å². The van der Waals surface area contributed by atoms with Crippen molar-refractivity contribution < 1.29 is 22.3 Å². The molecular weight excluding hydrogens is 357 g/mol. The van der Waals surface area contributed by atoms with E-state index in [1.165, 1.54) is 4.31 Å². The third kappa shape index (κ3) is 3.83. The number of sulfonamides is 1. The van der Waals surface area contributed by atoms with Crippen LogP contribution in [0.25, 0.3) is 0 Å². The molecule has 0 saturated carbocycles. The highest BCUT2D eigenvalue weighted by Crippen LogP contribution is 2.33. The molecule has 0 spiro atoms. The Bertz CT molecular complexity index is 868. The largest absolute Gasteiger partial charge is 0.454 e. The van der Waals surface area contributed by atoms with E-state index in [2.05, 4.69) is 0 Å². The highest BCUT2D eigenvalue weighted by molar-refractivity contribution is 7.89. The molecule has 140 valence electrons. The molecule has 1 aliphatic rings. The molecule has 0 saturated heterocycles. The van der Waals surface area contributed by atoms with Crippen LogP contribution in [0.3, 0.4) is 0 Å². The summed E-state index contributed by atoms with van der Waals surface area (Å²) < 4.78 is 50.9. The molecule has 1 heterocycles. The predicted octanol–water partition coefficient (Wildman–Crippen LogP) is 3.32. The van der Waals surface area contributed by atoms with E-state index in [0.717, 1.165) is 11.1 Å². The summed E-state index contributed by atoms with van der Waals surface area (Å²) in [6.45, 7) is 2.94. The van der Waals surface area contributed by atoms with Crippen molar-refractivity contribution in [3.05, 3.63) is 53.6 Å². The molecular formula is C19H22FNO4S. The van der Waals surface area contributed by atoms with E-state index in [9.17, 15) is 12.8 Å². The number of alkyl halides is 1. The molecule has 3 rings (SSSR count). The van der Waals surface area contributed by atoms with E-state index >= 15 is 0 Å². The van der Waals surface area contributed by atoms with Crippen molar-refractivity contribution in [1.82, 2.24) is 4.31 Å². The van der Waals surface area contributed by atoms with Crippen molar-refractivity contribution in [3.63, 3.8) is 0 Å². The highest BCUT2D eigenvalue weighted by atomic mass is 32.2. The minimum Gasteiger partial charge on any atom is -0.454 e. The molecule has 2 aromatic carbocycles. The Balaban J connectivity index is 1.83. The molecule has 0 radical (unpaired) electrons. The Morgan fingerprint density at radius 1 is 1.12 bits per heavy atom. The smallest absolute Gasteiger partial charge is 0.243 e. The first kappa shape index (κ1) is 18.7. The van der Waals surface area contributed by atoms with Crippen molar-refractivity contribution in [3.8, 4) is 11.5 Å². The second kappa shape index (κ2) is 7.63. The number of ether oxygens (including phenoxy) is 2. The van der Waals surface area contributed by atoms with Crippen LogP contribution in [-0.4, -0.2) is 38.8 Å². The van der Waals surface area contributed by atoms with E-state index < -0.39 is 22.7 Å². The van der Waals surface area contributed by atoms with Gasteiger partial charge in [-0.3, -0.25) is 0 Å². The van der Waals surface area contributed by atoms with Crippen LogP contribution in [0.5, 0.6) is 11.5 Å². The Labute approximate surface area is 153 Å². The van der Waals surface area contributed by atoms with Gasteiger partial charge < -0.3 is 9.47 Å². The van der Waals surface area contributed by atoms with E-state index in [0.29, 0.717) is 17.9 Å². The lowest BCUT2D eigenvalue weighted by molar-refractivity contribution is 0.174. The van der Waals surface area contributed by atoms with Crippen LogP contribution in [0.2, 0.25) is 0 Å². The van der Waals surface area contributed by atoms with E-state index in [1.807, 2.05) is 19.1 Å². The molecule has 1 unspecified atom stereocenters. The third-order valence-corrected chi connectivity index (χ3v) is 6.42. The molecule has 0 amide bonds. The zero-order chi connectivity index (χ0) is 18.7. The summed E-state index contributed by atoms with van der Waals surface area (Å²) in [5, 5.41) is 0. The molecule has 0 fully saturated rings. The maximum atomic E-state index is 13.1. The fourth-order valence-corrected chi connectivity index (χ4v) is 4.63. The van der Waals surface area contributed by atoms with Gasteiger partial charge in [0.1, 0.15) is 6.67 Å². The fourth-order valence-electron chi connectivity index (χ4n) is 3.02. The van der Waals surface area contributed by atoms with Crippen LogP contribution < -0.4 is 9.47 Å². The molecule has 1 atom stereocenters. The van der Waals surface area contributed by atoms with Gasteiger partial charge in [-0.25, -0.2) is 12.8 Å². The highest BCUT2D eigenvalue weighted by Gasteiger charge is 2.29. The number of benzene rings is 2. The van der Waals surface area contributed by atoms with Crippen LogP contribution in [0.15, 0.2) is 47.4 Å². The zero-order valence-corrected chi connectivity index (χ0v) is 15.6. The van der Waals surface area contributed by atoms with Crippen molar-refractivity contribution in [2.45, 2.75) is 31.2 Å². The standard InChI is InChI=1S/C19H22FNO4S/c1-14-3-6-17(7-4-14)26(22,23)21(10-9-20)15(2)11-16-5-8-18-19(12-16)25-13-24-18/h3-8,12,15H,9-11,13H2,1-2H3. The quantitative estimate of drug-likeness (QED) is 0.741.